The van der Waals surface area contributed by atoms with Gasteiger partial charge in [-0.3, -0.25) is 0 Å². The highest BCUT2D eigenvalue weighted by Gasteiger charge is 2.88. The summed E-state index contributed by atoms with van der Waals surface area (Å²) < 4.78 is 164. The zero-order valence-electron chi connectivity index (χ0n) is 16.6. The molecule has 0 aromatic heterocycles. The van der Waals surface area contributed by atoms with Gasteiger partial charge in [-0.15, -0.1) is 0 Å². The van der Waals surface area contributed by atoms with E-state index in [2.05, 4.69) is 0 Å². The van der Waals surface area contributed by atoms with Crippen LogP contribution in [-0.2, 0) is 4.43 Å². The molecule has 0 heterocycles. The average molecular weight is 484 g/mol. The number of halogens is 12. The second-order valence-electron chi connectivity index (χ2n) is 7.84. The van der Waals surface area contributed by atoms with Gasteiger partial charge in [0.25, 0.3) is 8.32 Å². The lowest BCUT2D eigenvalue weighted by molar-refractivity contribution is -0.419. The fourth-order valence-corrected chi connectivity index (χ4v) is 2.61. The van der Waals surface area contributed by atoms with Gasteiger partial charge in [-0.25, -0.2) is 4.39 Å². The Hall–Kier alpha value is -1.34. The highest BCUT2D eigenvalue weighted by atomic mass is 28.4. The number of rotatable bonds is 7. The predicted octanol–water partition coefficient (Wildman–Crippen LogP) is 7.87. The van der Waals surface area contributed by atoms with Gasteiger partial charge >= 0.3 is 29.9 Å². The highest BCUT2D eigenvalue weighted by Crippen LogP contribution is 2.59. The van der Waals surface area contributed by atoms with E-state index >= 15 is 0 Å². The number of alkyl halides is 11. The minimum absolute atomic E-state index is 0.347. The Balaban J connectivity index is 6.71. The second kappa shape index (κ2) is 7.97. The minimum atomic E-state index is -7.70. The van der Waals surface area contributed by atoms with Crippen LogP contribution in [0.2, 0.25) is 18.1 Å². The topological polar surface area (TPSA) is 9.23 Å². The van der Waals surface area contributed by atoms with Gasteiger partial charge in [-0.05, 0) is 31.1 Å². The van der Waals surface area contributed by atoms with Crippen LogP contribution in [0.15, 0.2) is 23.7 Å². The molecular formula is C16H20F12OSi. The lowest BCUT2D eigenvalue weighted by Gasteiger charge is -2.39. The summed E-state index contributed by atoms with van der Waals surface area (Å²) >= 11 is 0. The third kappa shape index (κ3) is 4.62. The standard InChI is InChI=1S/C16H20F12OSi/c1-7-8-9(29-30(5,6)11(2,3)4)10(17)12(18,19)13(20,21)14(22,23)15(24,25)16(26,27)28/h7-8H,1-6H3/b8-7+,10-9-. The molecule has 0 amide bonds. The highest BCUT2D eigenvalue weighted by molar-refractivity contribution is 6.74. The first kappa shape index (κ1) is 28.7. The van der Waals surface area contributed by atoms with Gasteiger partial charge in [0.15, 0.2) is 0 Å². The summed E-state index contributed by atoms with van der Waals surface area (Å²) in [5, 5.41) is -0.842. The Morgan fingerprint density at radius 2 is 1.13 bits per heavy atom. The molecule has 0 atom stereocenters. The van der Waals surface area contributed by atoms with Crippen molar-refractivity contribution in [1.82, 2.24) is 0 Å². The lowest BCUT2D eigenvalue weighted by Crippen LogP contribution is -2.66. The molecule has 0 aromatic rings. The molecule has 0 rings (SSSR count). The average Bonchev–Trinajstić information content (AvgIpc) is 2.50. The van der Waals surface area contributed by atoms with Crippen LogP contribution in [0.4, 0.5) is 52.7 Å². The smallest absolute Gasteiger partial charge is 0.460 e. The van der Waals surface area contributed by atoms with Gasteiger partial charge in [0.1, 0.15) is 5.76 Å². The molecule has 0 N–H and O–H groups in total. The maximum Gasteiger partial charge on any atom is 0.460 e. The van der Waals surface area contributed by atoms with Gasteiger partial charge in [-0.1, -0.05) is 26.8 Å². The van der Waals surface area contributed by atoms with Crippen molar-refractivity contribution in [2.75, 3.05) is 0 Å². The number of hydrogen-bond donors (Lipinski definition) is 0. The van der Waals surface area contributed by atoms with Crippen LogP contribution in [0.1, 0.15) is 27.7 Å². The van der Waals surface area contributed by atoms with Crippen LogP contribution in [0.25, 0.3) is 0 Å². The monoisotopic (exact) mass is 484 g/mol. The molecule has 0 radical (unpaired) electrons. The summed E-state index contributed by atoms with van der Waals surface area (Å²) in [7, 11) is -3.26. The maximum atomic E-state index is 14.3. The van der Waals surface area contributed by atoms with E-state index in [1.54, 1.807) is 0 Å². The van der Waals surface area contributed by atoms with Crippen molar-refractivity contribution < 1.29 is 57.1 Å². The molecule has 0 aliphatic rings. The third-order valence-electron chi connectivity index (χ3n) is 4.52. The molecule has 178 valence electrons. The maximum absolute atomic E-state index is 14.3. The van der Waals surface area contributed by atoms with Crippen molar-refractivity contribution in [2.24, 2.45) is 0 Å². The Bertz CT molecular complexity index is 683. The Morgan fingerprint density at radius 3 is 1.43 bits per heavy atom. The normalized spacial score (nSPS) is 16.7. The molecule has 1 nitrogen and oxygen atoms in total. The number of allylic oxidation sites excluding steroid dienone is 3. The molecule has 0 aliphatic carbocycles. The van der Waals surface area contributed by atoms with E-state index in [0.717, 1.165) is 13.0 Å². The van der Waals surface area contributed by atoms with E-state index in [1.807, 2.05) is 0 Å². The first-order chi connectivity index (χ1) is 12.8. The molecule has 30 heavy (non-hydrogen) atoms. The largest absolute Gasteiger partial charge is 0.542 e. The molecule has 0 saturated heterocycles. The van der Waals surface area contributed by atoms with E-state index in [4.69, 9.17) is 4.43 Å². The molecule has 0 bridgehead atoms. The summed E-state index contributed by atoms with van der Waals surface area (Å²) in [6.45, 7) is 8.25. The summed E-state index contributed by atoms with van der Waals surface area (Å²) in [5.74, 6) is -34.6. The van der Waals surface area contributed by atoms with Crippen molar-refractivity contribution in [3.05, 3.63) is 23.7 Å². The van der Waals surface area contributed by atoms with Crippen molar-refractivity contribution >= 4 is 8.32 Å². The fraction of sp³-hybridized carbons (Fsp3) is 0.750. The van der Waals surface area contributed by atoms with Crippen molar-refractivity contribution in [1.29, 1.82) is 0 Å². The zero-order valence-corrected chi connectivity index (χ0v) is 17.6. The van der Waals surface area contributed by atoms with Gasteiger partial charge in [0.2, 0.25) is 5.83 Å². The second-order valence-corrected chi connectivity index (χ2v) is 12.6. The van der Waals surface area contributed by atoms with E-state index in [-0.39, 0.29) is 0 Å². The van der Waals surface area contributed by atoms with Crippen molar-refractivity contribution in [2.45, 2.75) is 75.7 Å². The van der Waals surface area contributed by atoms with E-state index in [9.17, 15) is 52.7 Å². The minimum Gasteiger partial charge on any atom is -0.542 e. The fourth-order valence-electron chi connectivity index (χ4n) is 1.60. The van der Waals surface area contributed by atoms with Crippen LogP contribution in [0.3, 0.4) is 0 Å². The summed E-state index contributed by atoms with van der Waals surface area (Å²) in [6.07, 6.45) is -6.18. The molecule has 0 aliphatic heterocycles. The SMILES string of the molecule is C/C=C/C(O[Si](C)(C)C(C)(C)C)=C(/F)C(F)(F)C(F)(F)C(F)(F)C(F)(F)C(F)(F)F. The van der Waals surface area contributed by atoms with Crippen molar-refractivity contribution in [3.63, 3.8) is 0 Å². The zero-order chi connectivity index (χ0) is 24.8. The van der Waals surface area contributed by atoms with Gasteiger partial charge in [0.05, 0.1) is 0 Å². The van der Waals surface area contributed by atoms with Gasteiger partial charge < -0.3 is 4.43 Å². The summed E-state index contributed by atoms with van der Waals surface area (Å²) in [4.78, 5) is 0. The molecule has 0 aromatic carbocycles. The first-order valence-electron chi connectivity index (χ1n) is 8.13. The van der Waals surface area contributed by atoms with Gasteiger partial charge in [-0.2, -0.15) is 48.3 Å². The molecular weight excluding hydrogens is 464 g/mol. The van der Waals surface area contributed by atoms with Crippen LogP contribution < -0.4 is 0 Å². The molecule has 0 spiro atoms. The Kier molecular flexibility index (Phi) is 7.61. The molecule has 0 saturated carbocycles. The van der Waals surface area contributed by atoms with Crippen molar-refractivity contribution in [3.8, 4) is 0 Å². The van der Waals surface area contributed by atoms with Crippen LogP contribution >= 0.6 is 0 Å². The first-order valence-corrected chi connectivity index (χ1v) is 11.0. The summed E-state index contributed by atoms with van der Waals surface area (Å²) in [6, 6.07) is 0. The van der Waals surface area contributed by atoms with E-state index in [0.29, 0.717) is 6.08 Å². The predicted molar refractivity (Wildman–Crippen MR) is 87.1 cm³/mol. The van der Waals surface area contributed by atoms with Crippen LogP contribution in [0.5, 0.6) is 0 Å². The van der Waals surface area contributed by atoms with E-state index in [1.165, 1.54) is 33.9 Å². The molecule has 0 unspecified atom stereocenters. The lowest BCUT2D eigenvalue weighted by atomic mass is 9.97. The quantitative estimate of drug-likeness (QED) is 0.155. The molecule has 14 heteroatoms. The van der Waals surface area contributed by atoms with E-state index < -0.39 is 54.8 Å². The van der Waals surface area contributed by atoms with Crippen LogP contribution in [-0.4, -0.2) is 38.2 Å². The summed E-state index contributed by atoms with van der Waals surface area (Å²) in [5.41, 5.74) is 0. The van der Waals surface area contributed by atoms with Gasteiger partial charge in [0, 0.05) is 0 Å². The number of hydrogen-bond acceptors (Lipinski definition) is 1. The third-order valence-corrected chi connectivity index (χ3v) is 8.86. The Labute approximate surface area is 165 Å². The van der Waals surface area contributed by atoms with Crippen LogP contribution in [0, 0.1) is 0 Å². The Morgan fingerprint density at radius 1 is 0.733 bits per heavy atom. The molecule has 0 fully saturated rings.